The molecule has 0 fully saturated rings. The Kier molecular flexibility index (Phi) is 5.85. The standard InChI is InChI=1S/C17H10F12N2O2/c18-14(19,20)9-5(1-3-7(30)11(9)32)13(16(24,25)26,17(27,28)29)6-2-4-8(31)12(33)10(6)15(21,22)23/h1-4,32-33H,30-31H2. The smallest absolute Gasteiger partial charge is 0.420 e. The first-order chi connectivity index (χ1) is 14.6. The third-order valence-electron chi connectivity index (χ3n) is 4.64. The molecule has 33 heavy (non-hydrogen) atoms. The molecule has 6 N–H and O–H groups in total. The van der Waals surface area contributed by atoms with E-state index in [0.717, 1.165) is 0 Å². The highest BCUT2D eigenvalue weighted by molar-refractivity contribution is 5.67. The quantitative estimate of drug-likeness (QED) is 0.241. The summed E-state index contributed by atoms with van der Waals surface area (Å²) < 4.78 is 166. The van der Waals surface area contributed by atoms with E-state index in [1.165, 1.54) is 0 Å². The van der Waals surface area contributed by atoms with Crippen molar-refractivity contribution >= 4 is 11.4 Å². The van der Waals surface area contributed by atoms with Crippen LogP contribution in [0.1, 0.15) is 22.3 Å². The highest BCUT2D eigenvalue weighted by Crippen LogP contribution is 2.62. The van der Waals surface area contributed by atoms with Crippen molar-refractivity contribution in [3.05, 3.63) is 46.5 Å². The van der Waals surface area contributed by atoms with Crippen molar-refractivity contribution in [2.75, 3.05) is 11.5 Å². The maximum Gasteiger partial charge on any atom is 0.420 e. The van der Waals surface area contributed by atoms with Crippen molar-refractivity contribution < 1.29 is 62.9 Å². The summed E-state index contributed by atoms with van der Waals surface area (Å²) in [6.07, 6.45) is -26.2. The van der Waals surface area contributed by atoms with Crippen LogP contribution in [0.2, 0.25) is 0 Å². The lowest BCUT2D eigenvalue weighted by Gasteiger charge is -2.41. The van der Waals surface area contributed by atoms with Gasteiger partial charge in [0.25, 0.3) is 0 Å². The molecular weight excluding hydrogens is 492 g/mol. The van der Waals surface area contributed by atoms with Crippen LogP contribution in [0.15, 0.2) is 24.3 Å². The van der Waals surface area contributed by atoms with E-state index in [2.05, 4.69) is 0 Å². The number of phenols is 2. The number of aromatic hydroxyl groups is 2. The van der Waals surface area contributed by atoms with E-state index in [1.54, 1.807) is 0 Å². The number of nitrogens with two attached hydrogens (primary N) is 2. The number of hydrogen-bond acceptors (Lipinski definition) is 4. The molecule has 0 spiro atoms. The Morgan fingerprint density at radius 2 is 0.788 bits per heavy atom. The topological polar surface area (TPSA) is 92.5 Å². The van der Waals surface area contributed by atoms with E-state index >= 15 is 0 Å². The molecule has 0 saturated heterocycles. The SMILES string of the molecule is Nc1ccc(C(c2ccc(N)c(O)c2C(F)(F)F)(C(F)(F)F)C(F)(F)F)c(C(F)(F)F)c1O. The minimum atomic E-state index is -6.93. The second-order valence-electron chi connectivity index (χ2n) is 6.59. The molecule has 0 bridgehead atoms. The van der Waals surface area contributed by atoms with Gasteiger partial charge in [0.15, 0.2) is 11.5 Å². The molecule has 2 rings (SSSR count). The molecule has 4 nitrogen and oxygen atoms in total. The maximum atomic E-state index is 14.2. The number of anilines is 2. The van der Waals surface area contributed by atoms with Crippen molar-refractivity contribution in [1.82, 2.24) is 0 Å². The lowest BCUT2D eigenvalue weighted by atomic mass is 9.69. The summed E-state index contributed by atoms with van der Waals surface area (Å²) in [5.41, 5.74) is -10.3. The Balaban J connectivity index is 3.37. The van der Waals surface area contributed by atoms with Crippen LogP contribution in [0.3, 0.4) is 0 Å². The van der Waals surface area contributed by atoms with Crippen LogP contribution in [0.25, 0.3) is 0 Å². The van der Waals surface area contributed by atoms with Gasteiger partial charge in [-0.1, -0.05) is 12.1 Å². The summed E-state index contributed by atoms with van der Waals surface area (Å²) >= 11 is 0. The number of halogens is 12. The maximum absolute atomic E-state index is 14.2. The predicted octanol–water partition coefficient (Wildman–Crippen LogP) is 5.71. The zero-order chi connectivity index (χ0) is 25.9. The van der Waals surface area contributed by atoms with Gasteiger partial charge in [0.1, 0.15) is 11.1 Å². The van der Waals surface area contributed by atoms with Gasteiger partial charge in [0.05, 0.1) is 11.4 Å². The molecule has 0 aliphatic heterocycles. The van der Waals surface area contributed by atoms with Crippen LogP contribution < -0.4 is 11.5 Å². The molecule has 0 aliphatic rings. The van der Waals surface area contributed by atoms with Gasteiger partial charge in [0.2, 0.25) is 5.41 Å². The van der Waals surface area contributed by atoms with Gasteiger partial charge < -0.3 is 21.7 Å². The van der Waals surface area contributed by atoms with Crippen molar-refractivity contribution in [3.63, 3.8) is 0 Å². The number of hydrogen-bond donors (Lipinski definition) is 4. The number of phenolic OH excluding ortho intramolecular Hbond substituents is 2. The van der Waals surface area contributed by atoms with Crippen molar-refractivity contribution in [2.45, 2.75) is 30.1 Å². The van der Waals surface area contributed by atoms with Crippen molar-refractivity contribution in [2.24, 2.45) is 0 Å². The van der Waals surface area contributed by atoms with E-state index in [1.807, 2.05) is 0 Å². The van der Waals surface area contributed by atoms with E-state index in [4.69, 9.17) is 11.5 Å². The fourth-order valence-electron chi connectivity index (χ4n) is 3.33. The van der Waals surface area contributed by atoms with Crippen LogP contribution in [0.4, 0.5) is 64.1 Å². The van der Waals surface area contributed by atoms with Crippen LogP contribution in [0, 0.1) is 0 Å². The van der Waals surface area contributed by atoms with E-state index < -0.39 is 87.4 Å². The third kappa shape index (κ3) is 3.90. The van der Waals surface area contributed by atoms with Gasteiger partial charge in [-0.3, -0.25) is 0 Å². The summed E-state index contributed by atoms with van der Waals surface area (Å²) in [6.45, 7) is 0. The minimum Gasteiger partial charge on any atom is -0.505 e. The molecule has 0 atom stereocenters. The third-order valence-corrected chi connectivity index (χ3v) is 4.64. The molecule has 0 aliphatic carbocycles. The fourth-order valence-corrected chi connectivity index (χ4v) is 3.33. The highest BCUT2D eigenvalue weighted by atomic mass is 19.4. The zero-order valence-electron chi connectivity index (χ0n) is 15.4. The Labute approximate surface area is 175 Å². The Hall–Kier alpha value is -3.20. The average molecular weight is 502 g/mol. The average Bonchev–Trinajstić information content (AvgIpc) is 2.56. The predicted molar refractivity (Wildman–Crippen MR) is 87.9 cm³/mol. The van der Waals surface area contributed by atoms with Crippen LogP contribution in [-0.2, 0) is 17.8 Å². The van der Waals surface area contributed by atoms with E-state index in [0.29, 0.717) is 0 Å². The van der Waals surface area contributed by atoms with Crippen LogP contribution in [-0.4, -0.2) is 22.6 Å². The number of alkyl halides is 12. The molecule has 0 saturated carbocycles. The van der Waals surface area contributed by atoms with Crippen LogP contribution in [0.5, 0.6) is 11.5 Å². The first-order valence-corrected chi connectivity index (χ1v) is 8.11. The molecule has 16 heteroatoms. The van der Waals surface area contributed by atoms with Crippen molar-refractivity contribution in [1.29, 1.82) is 0 Å². The molecule has 0 radical (unpaired) electrons. The lowest BCUT2D eigenvalue weighted by molar-refractivity contribution is -0.290. The molecule has 184 valence electrons. The number of benzene rings is 2. The summed E-state index contributed by atoms with van der Waals surface area (Å²) in [5.74, 6) is -4.54. The van der Waals surface area contributed by atoms with Crippen molar-refractivity contribution in [3.8, 4) is 11.5 Å². The normalized spacial score (nSPS) is 13.9. The summed E-state index contributed by atoms with van der Waals surface area (Å²) in [5, 5.41) is 19.2. The Morgan fingerprint density at radius 3 is 1.00 bits per heavy atom. The zero-order valence-corrected chi connectivity index (χ0v) is 15.4. The fraction of sp³-hybridized carbons (Fsp3) is 0.294. The van der Waals surface area contributed by atoms with Gasteiger partial charge in [-0.25, -0.2) is 0 Å². The monoisotopic (exact) mass is 502 g/mol. The molecule has 2 aromatic carbocycles. The van der Waals surface area contributed by atoms with Gasteiger partial charge >= 0.3 is 24.7 Å². The van der Waals surface area contributed by atoms with Crippen LogP contribution >= 0.6 is 0 Å². The molecular formula is C17H10F12N2O2. The van der Waals surface area contributed by atoms with E-state index in [9.17, 15) is 62.9 Å². The highest BCUT2D eigenvalue weighted by Gasteiger charge is 2.75. The molecule has 0 amide bonds. The first kappa shape index (κ1) is 26.1. The Morgan fingerprint density at radius 1 is 0.515 bits per heavy atom. The second kappa shape index (κ2) is 7.41. The summed E-state index contributed by atoms with van der Waals surface area (Å²) in [6, 6.07) is -0.855. The Bertz CT molecular complexity index is 983. The van der Waals surface area contributed by atoms with E-state index in [-0.39, 0.29) is 12.1 Å². The van der Waals surface area contributed by atoms with Gasteiger partial charge in [-0.2, -0.15) is 52.7 Å². The molecule has 0 aromatic heterocycles. The first-order valence-electron chi connectivity index (χ1n) is 8.11. The lowest BCUT2D eigenvalue weighted by Crippen LogP contribution is -2.56. The molecule has 0 unspecified atom stereocenters. The minimum absolute atomic E-state index is 0.0244. The molecule has 2 aromatic rings. The van der Waals surface area contributed by atoms with Gasteiger partial charge in [-0.05, 0) is 23.3 Å². The summed E-state index contributed by atoms with van der Waals surface area (Å²) in [7, 11) is 0. The molecule has 0 heterocycles. The van der Waals surface area contributed by atoms with Gasteiger partial charge in [0, 0.05) is 0 Å². The largest absolute Gasteiger partial charge is 0.505 e. The second-order valence-corrected chi connectivity index (χ2v) is 6.59. The number of rotatable bonds is 2. The van der Waals surface area contributed by atoms with Gasteiger partial charge in [-0.15, -0.1) is 0 Å². The number of nitrogen functional groups attached to an aromatic ring is 2. The summed E-state index contributed by atoms with van der Waals surface area (Å²) in [4.78, 5) is 0.